The van der Waals surface area contributed by atoms with Crippen LogP contribution in [0.15, 0.2) is 33.5 Å². The molecule has 3 rings (SSSR count). The Morgan fingerprint density at radius 2 is 2.06 bits per heavy atom. The van der Waals surface area contributed by atoms with Crippen molar-refractivity contribution in [3.8, 4) is 11.6 Å². The topological polar surface area (TPSA) is 99.8 Å². The van der Waals surface area contributed by atoms with Crippen LogP contribution in [0.2, 0.25) is 0 Å². The number of hydrogen-bond acceptors (Lipinski definition) is 6. The highest BCUT2D eigenvalue weighted by molar-refractivity contribution is 5.76. The Labute approximate surface area is 101 Å². The Hall–Kier alpha value is -2.70. The van der Waals surface area contributed by atoms with E-state index in [4.69, 9.17) is 10.2 Å². The molecule has 0 radical (unpaired) electrons. The maximum Gasteiger partial charge on any atom is 0.313 e. The van der Waals surface area contributed by atoms with Crippen LogP contribution in [0.5, 0.6) is 0 Å². The van der Waals surface area contributed by atoms with Gasteiger partial charge in [-0.15, -0.1) is 5.10 Å². The lowest BCUT2D eigenvalue weighted by Crippen LogP contribution is -2.20. The number of aryl methyl sites for hydroxylation is 1. The van der Waals surface area contributed by atoms with Crippen LogP contribution < -0.4 is 11.3 Å². The van der Waals surface area contributed by atoms with Gasteiger partial charge in [0, 0.05) is 7.05 Å². The van der Waals surface area contributed by atoms with Gasteiger partial charge in [-0.05, 0) is 12.1 Å². The van der Waals surface area contributed by atoms with E-state index in [2.05, 4.69) is 15.2 Å². The highest BCUT2D eigenvalue weighted by Crippen LogP contribution is 2.16. The van der Waals surface area contributed by atoms with E-state index in [9.17, 15) is 4.79 Å². The predicted octanol–water partition coefficient (Wildman–Crippen LogP) is 0.566. The Kier molecular flexibility index (Phi) is 2.12. The number of nitrogens with two attached hydrogens (primary N) is 1. The molecule has 0 unspecified atom stereocenters. The van der Waals surface area contributed by atoms with E-state index in [0.29, 0.717) is 5.52 Å². The van der Waals surface area contributed by atoms with Crippen LogP contribution in [0, 0.1) is 0 Å². The van der Waals surface area contributed by atoms with Gasteiger partial charge in [0.15, 0.2) is 5.69 Å². The molecular weight excluding hydrogens is 234 g/mol. The largest absolute Gasteiger partial charge is 0.402 e. The Morgan fingerprint density at radius 3 is 2.78 bits per heavy atom. The average molecular weight is 243 g/mol. The standard InChI is InChI=1S/C11H9N5O2/c1-16-7-5-3-2-4-6(7)13-8(10(16)17)9-14-15-11(12)18-9/h2-5H,1H3,(H2,12,15). The van der Waals surface area contributed by atoms with Gasteiger partial charge < -0.3 is 14.7 Å². The van der Waals surface area contributed by atoms with E-state index in [-0.39, 0.29) is 23.2 Å². The van der Waals surface area contributed by atoms with Gasteiger partial charge >= 0.3 is 6.01 Å². The van der Waals surface area contributed by atoms with Crippen LogP contribution in [0.1, 0.15) is 0 Å². The van der Waals surface area contributed by atoms with Crippen LogP contribution in [0.4, 0.5) is 6.01 Å². The van der Waals surface area contributed by atoms with Gasteiger partial charge in [-0.1, -0.05) is 17.2 Å². The van der Waals surface area contributed by atoms with E-state index in [1.54, 1.807) is 13.1 Å². The molecule has 7 heteroatoms. The molecule has 0 aliphatic rings. The summed E-state index contributed by atoms with van der Waals surface area (Å²) in [5, 5.41) is 7.19. The van der Waals surface area contributed by atoms with Crippen LogP contribution in [-0.4, -0.2) is 19.7 Å². The smallest absolute Gasteiger partial charge is 0.313 e. The molecule has 0 amide bonds. The number of para-hydroxylation sites is 2. The van der Waals surface area contributed by atoms with Crippen LogP contribution in [0.25, 0.3) is 22.6 Å². The van der Waals surface area contributed by atoms with Gasteiger partial charge in [0.1, 0.15) is 0 Å². The molecule has 2 heterocycles. The van der Waals surface area contributed by atoms with E-state index < -0.39 is 0 Å². The summed E-state index contributed by atoms with van der Waals surface area (Å²) in [5.41, 5.74) is 6.54. The molecule has 18 heavy (non-hydrogen) atoms. The molecular formula is C11H9N5O2. The fourth-order valence-corrected chi connectivity index (χ4v) is 1.75. The summed E-state index contributed by atoms with van der Waals surface area (Å²) in [6, 6.07) is 7.20. The second-order valence-corrected chi connectivity index (χ2v) is 3.76. The van der Waals surface area contributed by atoms with Crippen molar-refractivity contribution in [2.45, 2.75) is 0 Å². The van der Waals surface area contributed by atoms with Gasteiger partial charge in [0.05, 0.1) is 11.0 Å². The first-order chi connectivity index (χ1) is 8.66. The Bertz CT molecular complexity index is 789. The zero-order valence-electron chi connectivity index (χ0n) is 9.49. The van der Waals surface area contributed by atoms with E-state index in [1.165, 1.54) is 4.57 Å². The molecule has 3 aromatic rings. The third-order valence-corrected chi connectivity index (χ3v) is 2.63. The summed E-state index contributed by atoms with van der Waals surface area (Å²) in [7, 11) is 1.66. The molecule has 0 bridgehead atoms. The number of rotatable bonds is 1. The van der Waals surface area contributed by atoms with Gasteiger partial charge in [-0.25, -0.2) is 4.98 Å². The first-order valence-corrected chi connectivity index (χ1v) is 5.22. The minimum atomic E-state index is -0.308. The van der Waals surface area contributed by atoms with Crippen molar-refractivity contribution >= 4 is 17.0 Å². The second-order valence-electron chi connectivity index (χ2n) is 3.76. The lowest BCUT2D eigenvalue weighted by Gasteiger charge is -2.04. The van der Waals surface area contributed by atoms with Crippen LogP contribution in [-0.2, 0) is 7.05 Å². The third kappa shape index (κ3) is 1.45. The summed E-state index contributed by atoms with van der Waals surface area (Å²) >= 11 is 0. The van der Waals surface area contributed by atoms with E-state index in [1.807, 2.05) is 18.2 Å². The maximum atomic E-state index is 12.1. The van der Waals surface area contributed by atoms with Gasteiger partial charge in [-0.2, -0.15) is 0 Å². The van der Waals surface area contributed by atoms with Crippen molar-refractivity contribution in [2.24, 2.45) is 7.05 Å². The maximum absolute atomic E-state index is 12.1. The summed E-state index contributed by atoms with van der Waals surface area (Å²) in [6.07, 6.45) is 0. The molecule has 7 nitrogen and oxygen atoms in total. The van der Waals surface area contributed by atoms with Crippen molar-refractivity contribution in [2.75, 3.05) is 5.73 Å². The number of fused-ring (bicyclic) bond motifs is 1. The molecule has 2 aromatic heterocycles. The summed E-state index contributed by atoms with van der Waals surface area (Å²) in [6.45, 7) is 0. The van der Waals surface area contributed by atoms with Crippen LogP contribution in [0.3, 0.4) is 0 Å². The molecule has 0 atom stereocenters. The zero-order valence-corrected chi connectivity index (χ0v) is 9.49. The van der Waals surface area contributed by atoms with Gasteiger partial charge in [0.2, 0.25) is 0 Å². The molecule has 0 aliphatic heterocycles. The highest BCUT2D eigenvalue weighted by Gasteiger charge is 2.15. The van der Waals surface area contributed by atoms with E-state index in [0.717, 1.165) is 5.52 Å². The van der Waals surface area contributed by atoms with Crippen molar-refractivity contribution in [1.29, 1.82) is 0 Å². The fraction of sp³-hybridized carbons (Fsp3) is 0.0909. The molecule has 0 aliphatic carbocycles. The average Bonchev–Trinajstić information content (AvgIpc) is 2.80. The third-order valence-electron chi connectivity index (χ3n) is 2.63. The lowest BCUT2D eigenvalue weighted by atomic mass is 10.3. The summed E-state index contributed by atoms with van der Waals surface area (Å²) in [5.74, 6) is 0.0267. The summed E-state index contributed by atoms with van der Waals surface area (Å²) in [4.78, 5) is 16.4. The SMILES string of the molecule is Cn1c(=O)c(-c2nnc(N)o2)nc2ccccc21. The first-order valence-electron chi connectivity index (χ1n) is 5.22. The molecule has 0 saturated carbocycles. The van der Waals surface area contributed by atoms with Crippen molar-refractivity contribution in [3.63, 3.8) is 0 Å². The quantitative estimate of drug-likeness (QED) is 0.670. The molecule has 0 saturated heterocycles. The molecule has 0 spiro atoms. The minimum absolute atomic E-state index is 0.0267. The normalized spacial score (nSPS) is 10.9. The number of anilines is 1. The fourth-order valence-electron chi connectivity index (χ4n) is 1.75. The van der Waals surface area contributed by atoms with Gasteiger partial charge in [0.25, 0.3) is 11.4 Å². The summed E-state index contributed by atoms with van der Waals surface area (Å²) < 4.78 is 6.52. The predicted molar refractivity (Wildman–Crippen MR) is 64.7 cm³/mol. The number of benzene rings is 1. The number of nitrogen functional groups attached to an aromatic ring is 1. The molecule has 90 valence electrons. The van der Waals surface area contributed by atoms with E-state index >= 15 is 0 Å². The van der Waals surface area contributed by atoms with Crippen molar-refractivity contribution in [3.05, 3.63) is 34.6 Å². The second kappa shape index (κ2) is 3.66. The minimum Gasteiger partial charge on any atom is -0.402 e. The molecule has 0 fully saturated rings. The lowest BCUT2D eigenvalue weighted by molar-refractivity contribution is 0.586. The van der Waals surface area contributed by atoms with Crippen LogP contribution >= 0.6 is 0 Å². The monoisotopic (exact) mass is 243 g/mol. The van der Waals surface area contributed by atoms with Gasteiger partial charge in [-0.3, -0.25) is 4.79 Å². The Morgan fingerprint density at radius 1 is 1.28 bits per heavy atom. The number of aromatic nitrogens is 4. The number of nitrogens with zero attached hydrogens (tertiary/aromatic N) is 4. The number of hydrogen-bond donors (Lipinski definition) is 1. The van der Waals surface area contributed by atoms with Crippen molar-refractivity contribution < 1.29 is 4.42 Å². The molecule has 2 N–H and O–H groups in total. The van der Waals surface area contributed by atoms with Crippen molar-refractivity contribution in [1.82, 2.24) is 19.7 Å². The first kappa shape index (κ1) is 10.5. The highest BCUT2D eigenvalue weighted by atomic mass is 16.4. The zero-order chi connectivity index (χ0) is 12.7. The molecule has 1 aromatic carbocycles. The Balaban J connectivity index is 2.37.